The van der Waals surface area contributed by atoms with Crippen LogP contribution in [-0.2, 0) is 6.54 Å². The Balaban J connectivity index is 2.21. The molecule has 2 aromatic rings. The summed E-state index contributed by atoms with van der Waals surface area (Å²) in [6, 6.07) is 9.90. The second-order valence-electron chi connectivity index (χ2n) is 4.14. The first kappa shape index (κ1) is 15.2. The average molecular weight is 303 g/mol. The molecule has 1 heterocycles. The van der Waals surface area contributed by atoms with Gasteiger partial charge in [-0.1, -0.05) is 49.0 Å². The van der Waals surface area contributed by atoms with Gasteiger partial charge >= 0.3 is 0 Å². The minimum Gasteiger partial charge on any atom is -0.364 e. The Kier molecular flexibility index (Phi) is 5.51. The van der Waals surface area contributed by atoms with Gasteiger partial charge in [0.2, 0.25) is 5.16 Å². The second-order valence-corrected chi connectivity index (χ2v) is 5.37. The number of hydrogen-bond acceptors (Lipinski definition) is 6. The van der Waals surface area contributed by atoms with Crippen LogP contribution in [-0.4, -0.2) is 33.9 Å². The molecule has 0 spiro atoms. The van der Waals surface area contributed by atoms with E-state index in [0.29, 0.717) is 17.5 Å². The number of rotatable bonds is 6. The lowest BCUT2D eigenvalue weighted by molar-refractivity contribution is 0.0957. The zero-order valence-electron chi connectivity index (χ0n) is 12.0. The van der Waals surface area contributed by atoms with E-state index in [4.69, 9.17) is 0 Å². The second kappa shape index (κ2) is 7.58. The summed E-state index contributed by atoms with van der Waals surface area (Å²) in [7, 11) is 1.56. The third-order valence-electron chi connectivity index (χ3n) is 2.69. The summed E-state index contributed by atoms with van der Waals surface area (Å²) in [6.45, 7) is 2.58. The van der Waals surface area contributed by atoms with Crippen LogP contribution in [0, 0.1) is 0 Å². The van der Waals surface area contributed by atoms with Crippen LogP contribution < -0.4 is 10.6 Å². The standard InChI is InChI=1S/C14H17N5OS/c1-3-21-14-17-12(11(18-19-14)13(20)15-2)16-9-10-7-5-4-6-8-10/h4-8H,3,9H2,1-2H3,(H,15,20)(H,16,17,19). The Morgan fingerprint density at radius 3 is 2.67 bits per heavy atom. The van der Waals surface area contributed by atoms with Gasteiger partial charge < -0.3 is 10.6 Å². The summed E-state index contributed by atoms with van der Waals surface area (Å²) in [5, 5.41) is 14.2. The summed E-state index contributed by atoms with van der Waals surface area (Å²) >= 11 is 1.48. The molecule has 0 bridgehead atoms. The van der Waals surface area contributed by atoms with Crippen molar-refractivity contribution in [3.63, 3.8) is 0 Å². The van der Waals surface area contributed by atoms with Crippen molar-refractivity contribution in [3.8, 4) is 0 Å². The Hall–Kier alpha value is -2.15. The van der Waals surface area contributed by atoms with Crippen LogP contribution in [0.5, 0.6) is 0 Å². The van der Waals surface area contributed by atoms with Gasteiger partial charge in [0.05, 0.1) is 0 Å². The largest absolute Gasteiger partial charge is 0.364 e. The third-order valence-corrected chi connectivity index (χ3v) is 3.41. The highest BCUT2D eigenvalue weighted by Crippen LogP contribution is 2.17. The molecule has 0 saturated carbocycles. The van der Waals surface area contributed by atoms with E-state index < -0.39 is 0 Å². The van der Waals surface area contributed by atoms with E-state index in [9.17, 15) is 4.79 Å². The van der Waals surface area contributed by atoms with E-state index >= 15 is 0 Å². The maximum absolute atomic E-state index is 11.8. The van der Waals surface area contributed by atoms with E-state index in [1.54, 1.807) is 7.05 Å². The molecule has 2 N–H and O–H groups in total. The number of nitrogens with one attached hydrogen (secondary N) is 2. The molecular weight excluding hydrogens is 286 g/mol. The third kappa shape index (κ3) is 4.16. The number of carbonyl (C=O) groups excluding carboxylic acids is 1. The lowest BCUT2D eigenvalue weighted by Crippen LogP contribution is -2.22. The lowest BCUT2D eigenvalue weighted by atomic mass is 10.2. The van der Waals surface area contributed by atoms with E-state index in [-0.39, 0.29) is 11.6 Å². The Labute approximate surface area is 127 Å². The summed E-state index contributed by atoms with van der Waals surface area (Å²) < 4.78 is 0. The highest BCUT2D eigenvalue weighted by atomic mass is 32.2. The summed E-state index contributed by atoms with van der Waals surface area (Å²) in [5.41, 5.74) is 1.30. The Morgan fingerprint density at radius 2 is 2.00 bits per heavy atom. The van der Waals surface area contributed by atoms with Crippen molar-refractivity contribution in [3.05, 3.63) is 41.6 Å². The molecule has 1 aromatic carbocycles. The number of thioether (sulfide) groups is 1. The Morgan fingerprint density at radius 1 is 1.24 bits per heavy atom. The van der Waals surface area contributed by atoms with Crippen molar-refractivity contribution in [1.29, 1.82) is 0 Å². The van der Waals surface area contributed by atoms with Crippen molar-refractivity contribution in [1.82, 2.24) is 20.5 Å². The molecule has 6 nitrogen and oxygen atoms in total. The normalized spacial score (nSPS) is 10.2. The monoisotopic (exact) mass is 303 g/mol. The number of benzene rings is 1. The van der Waals surface area contributed by atoms with Gasteiger partial charge in [-0.05, 0) is 11.3 Å². The van der Waals surface area contributed by atoms with Crippen LogP contribution in [0.3, 0.4) is 0 Å². The van der Waals surface area contributed by atoms with E-state index in [2.05, 4.69) is 25.8 Å². The van der Waals surface area contributed by atoms with Crippen molar-refractivity contribution in [2.24, 2.45) is 0 Å². The minimum absolute atomic E-state index is 0.203. The van der Waals surface area contributed by atoms with E-state index in [1.807, 2.05) is 37.3 Å². The van der Waals surface area contributed by atoms with Crippen LogP contribution in [0.15, 0.2) is 35.5 Å². The molecule has 0 aliphatic carbocycles. The molecule has 0 unspecified atom stereocenters. The molecule has 0 aliphatic rings. The zero-order chi connectivity index (χ0) is 15.1. The number of carbonyl (C=O) groups is 1. The molecule has 0 saturated heterocycles. The minimum atomic E-state index is -0.307. The van der Waals surface area contributed by atoms with Crippen LogP contribution in [0.25, 0.3) is 0 Å². The van der Waals surface area contributed by atoms with Gasteiger partial charge in [0.15, 0.2) is 11.5 Å². The van der Waals surface area contributed by atoms with Gasteiger partial charge in [-0.3, -0.25) is 4.79 Å². The first-order chi connectivity index (χ1) is 10.2. The smallest absolute Gasteiger partial charge is 0.275 e. The van der Waals surface area contributed by atoms with Crippen molar-refractivity contribution in [2.75, 3.05) is 18.1 Å². The molecule has 1 amide bonds. The molecule has 0 fully saturated rings. The van der Waals surface area contributed by atoms with Crippen molar-refractivity contribution >= 4 is 23.5 Å². The fourth-order valence-corrected chi connectivity index (χ4v) is 2.19. The van der Waals surface area contributed by atoms with Crippen LogP contribution in [0.1, 0.15) is 23.0 Å². The van der Waals surface area contributed by atoms with Crippen molar-refractivity contribution < 1.29 is 4.79 Å². The number of amides is 1. The van der Waals surface area contributed by atoms with Gasteiger partial charge in [0.25, 0.3) is 5.91 Å². The predicted octanol–water partition coefficient (Wildman–Crippen LogP) is 1.96. The van der Waals surface area contributed by atoms with E-state index in [1.165, 1.54) is 11.8 Å². The molecule has 21 heavy (non-hydrogen) atoms. The van der Waals surface area contributed by atoms with Crippen molar-refractivity contribution in [2.45, 2.75) is 18.6 Å². The molecule has 1 aromatic heterocycles. The Bertz CT molecular complexity index is 606. The fraction of sp³-hybridized carbons (Fsp3) is 0.286. The fourth-order valence-electron chi connectivity index (χ4n) is 1.68. The summed E-state index contributed by atoms with van der Waals surface area (Å²) in [5.74, 6) is 0.988. The number of aromatic nitrogens is 3. The van der Waals surface area contributed by atoms with Gasteiger partial charge in [-0.15, -0.1) is 10.2 Å². The molecule has 0 aliphatic heterocycles. The molecule has 7 heteroatoms. The zero-order valence-corrected chi connectivity index (χ0v) is 12.8. The predicted molar refractivity (Wildman–Crippen MR) is 83.4 cm³/mol. The van der Waals surface area contributed by atoms with Crippen LogP contribution in [0.4, 0.5) is 5.82 Å². The molecule has 0 atom stereocenters. The number of hydrogen-bond donors (Lipinski definition) is 2. The highest BCUT2D eigenvalue weighted by molar-refractivity contribution is 7.99. The molecule has 2 rings (SSSR count). The maximum Gasteiger partial charge on any atom is 0.275 e. The van der Waals surface area contributed by atoms with Gasteiger partial charge in [0.1, 0.15) is 0 Å². The topological polar surface area (TPSA) is 79.8 Å². The van der Waals surface area contributed by atoms with Gasteiger partial charge in [-0.2, -0.15) is 0 Å². The van der Waals surface area contributed by atoms with E-state index in [0.717, 1.165) is 11.3 Å². The average Bonchev–Trinajstić information content (AvgIpc) is 2.53. The maximum atomic E-state index is 11.8. The number of nitrogens with zero attached hydrogens (tertiary/aromatic N) is 3. The molecular formula is C14H17N5OS. The summed E-state index contributed by atoms with van der Waals surface area (Å²) in [4.78, 5) is 16.2. The van der Waals surface area contributed by atoms with Crippen LogP contribution >= 0.6 is 11.8 Å². The lowest BCUT2D eigenvalue weighted by Gasteiger charge is -2.10. The SMILES string of the molecule is CCSc1nnc(C(=O)NC)c(NCc2ccccc2)n1. The quantitative estimate of drug-likeness (QED) is 0.794. The molecule has 0 radical (unpaired) electrons. The first-order valence-corrected chi connectivity index (χ1v) is 7.60. The first-order valence-electron chi connectivity index (χ1n) is 6.62. The molecule has 110 valence electrons. The van der Waals surface area contributed by atoms with Gasteiger partial charge in [-0.25, -0.2) is 4.98 Å². The van der Waals surface area contributed by atoms with Gasteiger partial charge in [0, 0.05) is 13.6 Å². The summed E-state index contributed by atoms with van der Waals surface area (Å²) in [6.07, 6.45) is 0. The number of anilines is 1. The van der Waals surface area contributed by atoms with Crippen LogP contribution in [0.2, 0.25) is 0 Å². The highest BCUT2D eigenvalue weighted by Gasteiger charge is 2.15.